The number of methoxy groups -OCH3 is 2. The van der Waals surface area contributed by atoms with Crippen molar-refractivity contribution in [3.63, 3.8) is 0 Å². The van der Waals surface area contributed by atoms with E-state index in [1.807, 2.05) is 6.07 Å². The molecule has 1 unspecified atom stereocenters. The van der Waals surface area contributed by atoms with Crippen molar-refractivity contribution in [1.82, 2.24) is 0 Å². The zero-order valence-corrected chi connectivity index (χ0v) is 12.4. The van der Waals surface area contributed by atoms with E-state index in [2.05, 4.69) is 21.0 Å². The van der Waals surface area contributed by atoms with Gasteiger partial charge < -0.3 is 24.8 Å². The monoisotopic (exact) mass is 269 g/mol. The number of phenols is 1. The number of nitrogens with two attached hydrogens (primary N) is 1. The second-order valence-corrected chi connectivity index (χ2v) is 5.41. The average molecular weight is 269 g/mol. The molecule has 0 radical (unpaired) electrons. The van der Waals surface area contributed by atoms with Gasteiger partial charge in [0.1, 0.15) is 18.3 Å². The number of likely N-dealkylation sites (N-methyl/N-ethyl adjacent to an activating group) is 1. The molecule has 1 rings (SSSR count). The van der Waals surface area contributed by atoms with Crippen LogP contribution in [-0.2, 0) is 16.0 Å². The summed E-state index contributed by atoms with van der Waals surface area (Å²) in [5.41, 5.74) is 7.19. The number of nitrogen functional groups attached to an aromatic ring is 1. The molecule has 0 fully saturated rings. The maximum Gasteiger partial charge on any atom is 0.209 e. The Morgan fingerprint density at radius 3 is 2.32 bits per heavy atom. The molecule has 0 aliphatic heterocycles. The van der Waals surface area contributed by atoms with Crippen LogP contribution in [0.2, 0.25) is 0 Å². The average Bonchev–Trinajstić information content (AvgIpc) is 2.35. The van der Waals surface area contributed by atoms with Crippen molar-refractivity contribution >= 4 is 5.69 Å². The molecule has 0 saturated heterocycles. The van der Waals surface area contributed by atoms with E-state index >= 15 is 0 Å². The standard InChI is InChI=1S/C14H24N2O3/c1-10(14(18-4)19-5)16(2,3)9-11-6-7-13(17)12(15)8-11/h6-8,10,14H,9,15H2,1-5H3/p+1. The molecule has 0 spiro atoms. The zero-order valence-electron chi connectivity index (χ0n) is 12.4. The summed E-state index contributed by atoms with van der Waals surface area (Å²) in [5.74, 6) is 0.119. The van der Waals surface area contributed by atoms with E-state index in [4.69, 9.17) is 15.2 Å². The van der Waals surface area contributed by atoms with E-state index in [1.165, 1.54) is 0 Å². The Bertz CT molecular complexity index is 417. The molecule has 5 nitrogen and oxygen atoms in total. The number of aromatic hydroxyl groups is 1. The number of hydrogen-bond donors (Lipinski definition) is 2. The molecular formula is C14H25N2O3+. The minimum Gasteiger partial charge on any atom is -0.506 e. The van der Waals surface area contributed by atoms with Crippen LogP contribution in [0.15, 0.2) is 18.2 Å². The molecule has 108 valence electrons. The van der Waals surface area contributed by atoms with Gasteiger partial charge in [-0.15, -0.1) is 0 Å². The van der Waals surface area contributed by atoms with Gasteiger partial charge in [0.2, 0.25) is 6.29 Å². The highest BCUT2D eigenvalue weighted by Crippen LogP contribution is 2.24. The molecule has 5 heteroatoms. The first kappa shape index (κ1) is 15.8. The van der Waals surface area contributed by atoms with Crippen LogP contribution < -0.4 is 5.73 Å². The maximum atomic E-state index is 9.45. The third-order valence-corrected chi connectivity index (χ3v) is 3.64. The Hall–Kier alpha value is -1.30. The van der Waals surface area contributed by atoms with Gasteiger partial charge in [0.25, 0.3) is 0 Å². The summed E-state index contributed by atoms with van der Waals surface area (Å²) in [6.07, 6.45) is -0.260. The smallest absolute Gasteiger partial charge is 0.209 e. The lowest BCUT2D eigenvalue weighted by Crippen LogP contribution is -2.53. The van der Waals surface area contributed by atoms with E-state index in [-0.39, 0.29) is 18.1 Å². The summed E-state index contributed by atoms with van der Waals surface area (Å²) in [5, 5.41) is 9.45. The van der Waals surface area contributed by atoms with Crippen molar-refractivity contribution in [2.24, 2.45) is 0 Å². The van der Waals surface area contributed by atoms with Gasteiger partial charge in [0.15, 0.2) is 0 Å². The Kier molecular flexibility index (Phi) is 5.17. The predicted octanol–water partition coefficient (Wildman–Crippen LogP) is 1.56. The van der Waals surface area contributed by atoms with E-state index in [0.717, 1.165) is 12.1 Å². The van der Waals surface area contributed by atoms with Crippen LogP contribution in [-0.4, -0.2) is 50.2 Å². The molecule has 3 N–H and O–H groups in total. The van der Waals surface area contributed by atoms with Crippen molar-refractivity contribution < 1.29 is 19.1 Å². The van der Waals surface area contributed by atoms with Crippen molar-refractivity contribution in [1.29, 1.82) is 0 Å². The second-order valence-electron chi connectivity index (χ2n) is 5.41. The van der Waals surface area contributed by atoms with Crippen LogP contribution >= 0.6 is 0 Å². The SMILES string of the molecule is COC(OC)C(C)[N+](C)(C)Cc1ccc(O)c(N)c1. The summed E-state index contributed by atoms with van der Waals surface area (Å²) in [6.45, 7) is 2.86. The summed E-state index contributed by atoms with van der Waals surface area (Å²) in [7, 11) is 7.50. The zero-order chi connectivity index (χ0) is 14.6. The molecule has 0 aromatic heterocycles. The topological polar surface area (TPSA) is 64.7 Å². The van der Waals surface area contributed by atoms with Crippen molar-refractivity contribution in [2.45, 2.75) is 25.8 Å². The van der Waals surface area contributed by atoms with Crippen LogP contribution in [0.4, 0.5) is 5.69 Å². The highest BCUT2D eigenvalue weighted by atomic mass is 16.7. The normalized spacial score (nSPS) is 13.8. The van der Waals surface area contributed by atoms with Crippen molar-refractivity contribution in [2.75, 3.05) is 34.0 Å². The van der Waals surface area contributed by atoms with E-state index in [9.17, 15) is 5.11 Å². The quantitative estimate of drug-likeness (QED) is 0.356. The Morgan fingerprint density at radius 2 is 1.84 bits per heavy atom. The number of nitrogens with zero attached hydrogens (tertiary/aromatic N) is 1. The van der Waals surface area contributed by atoms with Gasteiger partial charge in [-0.05, 0) is 25.1 Å². The maximum absolute atomic E-state index is 9.45. The number of rotatable bonds is 6. The lowest BCUT2D eigenvalue weighted by atomic mass is 10.1. The van der Waals surface area contributed by atoms with Crippen molar-refractivity contribution in [3.05, 3.63) is 23.8 Å². The van der Waals surface area contributed by atoms with Gasteiger partial charge in [-0.3, -0.25) is 0 Å². The van der Waals surface area contributed by atoms with Gasteiger partial charge in [-0.2, -0.15) is 0 Å². The molecule has 0 amide bonds. The van der Waals surface area contributed by atoms with E-state index < -0.39 is 0 Å². The van der Waals surface area contributed by atoms with Crippen LogP contribution in [0.1, 0.15) is 12.5 Å². The number of ether oxygens (including phenoxy) is 2. The Balaban J connectivity index is 2.85. The van der Waals surface area contributed by atoms with Crippen LogP contribution in [0, 0.1) is 0 Å². The molecule has 1 aromatic carbocycles. The first-order valence-corrected chi connectivity index (χ1v) is 6.27. The number of quaternary nitrogens is 1. The first-order valence-electron chi connectivity index (χ1n) is 6.27. The fraction of sp³-hybridized carbons (Fsp3) is 0.571. The third-order valence-electron chi connectivity index (χ3n) is 3.64. The summed E-state index contributed by atoms with van der Waals surface area (Å²) in [4.78, 5) is 0. The highest BCUT2D eigenvalue weighted by molar-refractivity contribution is 5.53. The predicted molar refractivity (Wildman–Crippen MR) is 75.6 cm³/mol. The summed E-state index contributed by atoms with van der Waals surface area (Å²) >= 11 is 0. The fourth-order valence-electron chi connectivity index (χ4n) is 2.14. The van der Waals surface area contributed by atoms with Gasteiger partial charge in [0, 0.05) is 19.8 Å². The Labute approximate surface area is 115 Å². The van der Waals surface area contributed by atoms with E-state index in [0.29, 0.717) is 10.2 Å². The molecule has 0 bridgehead atoms. The molecule has 0 heterocycles. The fourth-order valence-corrected chi connectivity index (χ4v) is 2.14. The van der Waals surface area contributed by atoms with Gasteiger partial charge in [0.05, 0.1) is 19.8 Å². The Morgan fingerprint density at radius 1 is 1.26 bits per heavy atom. The van der Waals surface area contributed by atoms with Crippen LogP contribution in [0.25, 0.3) is 0 Å². The van der Waals surface area contributed by atoms with Crippen LogP contribution in [0.5, 0.6) is 5.75 Å². The molecule has 0 saturated carbocycles. The van der Waals surface area contributed by atoms with Gasteiger partial charge >= 0.3 is 0 Å². The molecule has 19 heavy (non-hydrogen) atoms. The first-order chi connectivity index (χ1) is 8.81. The minimum atomic E-state index is -0.260. The highest BCUT2D eigenvalue weighted by Gasteiger charge is 2.32. The number of benzene rings is 1. The number of hydrogen-bond acceptors (Lipinski definition) is 4. The molecule has 1 aromatic rings. The molecular weight excluding hydrogens is 244 g/mol. The lowest BCUT2D eigenvalue weighted by Gasteiger charge is -2.39. The number of anilines is 1. The molecule has 1 atom stereocenters. The summed E-state index contributed by atoms with van der Waals surface area (Å²) < 4.78 is 11.3. The largest absolute Gasteiger partial charge is 0.506 e. The molecule has 0 aliphatic carbocycles. The minimum absolute atomic E-state index is 0.119. The van der Waals surface area contributed by atoms with E-state index in [1.54, 1.807) is 26.4 Å². The molecule has 0 aliphatic rings. The van der Waals surface area contributed by atoms with Gasteiger partial charge in [-0.1, -0.05) is 0 Å². The van der Waals surface area contributed by atoms with Crippen molar-refractivity contribution in [3.8, 4) is 5.75 Å². The van der Waals surface area contributed by atoms with Gasteiger partial charge in [-0.25, -0.2) is 0 Å². The number of phenolic OH excluding ortho intramolecular Hbond substituents is 1. The summed E-state index contributed by atoms with van der Waals surface area (Å²) in [6, 6.07) is 5.47. The second kappa shape index (κ2) is 6.23. The van der Waals surface area contributed by atoms with Crippen LogP contribution in [0.3, 0.4) is 0 Å². The third kappa shape index (κ3) is 3.83. The lowest BCUT2D eigenvalue weighted by molar-refractivity contribution is -0.932.